The third-order valence-corrected chi connectivity index (χ3v) is 6.58. The van der Waals surface area contributed by atoms with Crippen LogP contribution < -0.4 is 9.46 Å². The van der Waals surface area contributed by atoms with Crippen molar-refractivity contribution in [1.29, 1.82) is 0 Å². The normalized spacial score (nSPS) is 11.7. The first-order valence-electron chi connectivity index (χ1n) is 11.2. The van der Waals surface area contributed by atoms with Crippen molar-refractivity contribution < 1.29 is 22.7 Å². The molecule has 0 amide bonds. The number of methoxy groups -OCH3 is 1. The van der Waals surface area contributed by atoms with Crippen LogP contribution in [-0.4, -0.2) is 43.1 Å². The number of hydrogen-bond acceptors (Lipinski definition) is 8. The molecule has 0 aliphatic carbocycles. The second-order valence-corrected chi connectivity index (χ2v) is 10.4. The largest absolute Gasteiger partial charge is 0.478 e. The zero-order valence-corrected chi connectivity index (χ0v) is 21.3. The average Bonchev–Trinajstić information content (AvgIpc) is 2.83. The van der Waals surface area contributed by atoms with Crippen molar-refractivity contribution in [3.63, 3.8) is 0 Å². The summed E-state index contributed by atoms with van der Waals surface area (Å²) in [4.78, 5) is 24.9. The molecule has 0 fully saturated rings. The van der Waals surface area contributed by atoms with Crippen molar-refractivity contribution in [2.24, 2.45) is 5.41 Å². The van der Waals surface area contributed by atoms with Gasteiger partial charge in [0.05, 0.1) is 36.7 Å². The van der Waals surface area contributed by atoms with Crippen LogP contribution in [0.3, 0.4) is 0 Å². The molecule has 0 bridgehead atoms. The van der Waals surface area contributed by atoms with E-state index in [1.165, 1.54) is 25.6 Å². The highest BCUT2D eigenvalue weighted by molar-refractivity contribution is 7.92. The van der Waals surface area contributed by atoms with Gasteiger partial charge in [0.1, 0.15) is 4.90 Å². The number of benzene rings is 1. The molecule has 10 heteroatoms. The number of aryl methyl sites for hydroxylation is 1. The van der Waals surface area contributed by atoms with Gasteiger partial charge in [-0.3, -0.25) is 14.5 Å². The van der Waals surface area contributed by atoms with Gasteiger partial charge >= 0.3 is 5.97 Å². The maximum atomic E-state index is 13.2. The Morgan fingerprint density at radius 2 is 1.83 bits per heavy atom. The minimum Gasteiger partial charge on any atom is -0.478 e. The number of carbonyl (C=O) groups excluding carboxylic acids is 1. The van der Waals surface area contributed by atoms with Crippen LogP contribution in [-0.2, 0) is 26.0 Å². The predicted octanol–water partition coefficient (Wildman–Crippen LogP) is 4.18. The van der Waals surface area contributed by atoms with Gasteiger partial charge in [0.25, 0.3) is 15.9 Å². The van der Waals surface area contributed by atoms with Gasteiger partial charge in [-0.1, -0.05) is 31.2 Å². The molecule has 186 valence electrons. The summed E-state index contributed by atoms with van der Waals surface area (Å²) in [7, 11) is -2.66. The number of nitrogens with zero attached hydrogens (tertiary/aromatic N) is 3. The number of pyridine rings is 1. The maximum Gasteiger partial charge on any atom is 0.311 e. The zero-order valence-electron chi connectivity index (χ0n) is 20.5. The fourth-order valence-corrected chi connectivity index (χ4v) is 4.61. The molecule has 0 aliphatic heterocycles. The van der Waals surface area contributed by atoms with Crippen molar-refractivity contribution in [1.82, 2.24) is 15.0 Å². The Hall–Kier alpha value is -3.53. The lowest BCUT2D eigenvalue weighted by molar-refractivity contribution is -0.153. The number of anilines is 1. The van der Waals surface area contributed by atoms with Crippen LogP contribution in [0.15, 0.2) is 53.7 Å². The van der Waals surface area contributed by atoms with Crippen LogP contribution in [0.1, 0.15) is 38.4 Å². The number of carbonyl (C=O) groups is 1. The van der Waals surface area contributed by atoms with E-state index in [-0.39, 0.29) is 28.3 Å². The number of rotatable bonds is 10. The molecular weight excluding hydrogens is 468 g/mol. The summed E-state index contributed by atoms with van der Waals surface area (Å²) < 4.78 is 39.4. The first-order chi connectivity index (χ1) is 16.6. The predicted molar refractivity (Wildman–Crippen MR) is 133 cm³/mol. The molecule has 0 saturated heterocycles. The van der Waals surface area contributed by atoms with E-state index in [1.54, 1.807) is 25.1 Å². The Labute approximate surface area is 206 Å². The van der Waals surface area contributed by atoms with Crippen LogP contribution in [0.2, 0.25) is 0 Å². The van der Waals surface area contributed by atoms with E-state index in [9.17, 15) is 13.2 Å². The molecule has 35 heavy (non-hydrogen) atoms. The van der Waals surface area contributed by atoms with E-state index >= 15 is 0 Å². The molecule has 9 nitrogen and oxygen atoms in total. The van der Waals surface area contributed by atoms with Gasteiger partial charge in [-0.25, -0.2) is 18.4 Å². The minimum absolute atomic E-state index is 0.0133. The summed E-state index contributed by atoms with van der Waals surface area (Å²) in [6, 6.07) is 10.3. The third-order valence-electron chi connectivity index (χ3n) is 5.21. The van der Waals surface area contributed by atoms with Gasteiger partial charge in [-0.15, -0.1) is 0 Å². The molecule has 1 aromatic carbocycles. The lowest BCUT2D eigenvalue weighted by Crippen LogP contribution is -2.29. The Kier molecular flexibility index (Phi) is 8.06. The highest BCUT2D eigenvalue weighted by Crippen LogP contribution is 2.30. The lowest BCUT2D eigenvalue weighted by Gasteiger charge is -2.22. The van der Waals surface area contributed by atoms with Crippen molar-refractivity contribution in [3.8, 4) is 17.1 Å². The fourth-order valence-electron chi connectivity index (χ4n) is 3.43. The number of sulfonamides is 1. The first kappa shape index (κ1) is 26.1. The standard InChI is InChI=1S/C25H30N4O5S/c1-6-14-34-24(30)25(3,4)15-18-9-11-19(12-10-18)21-20(8-7-13-26-21)35(31,32)29-22-23(33-5)28-17(2)16-27-22/h7-13,16H,6,14-15H2,1-5H3,(H,27,29). The highest BCUT2D eigenvalue weighted by atomic mass is 32.2. The van der Waals surface area contributed by atoms with E-state index in [1.807, 2.05) is 32.9 Å². The van der Waals surface area contributed by atoms with Crippen LogP contribution in [0.5, 0.6) is 5.88 Å². The molecule has 2 heterocycles. The summed E-state index contributed by atoms with van der Waals surface area (Å²) in [5.74, 6) is -0.189. The Morgan fingerprint density at radius 3 is 2.49 bits per heavy atom. The third kappa shape index (κ3) is 6.33. The van der Waals surface area contributed by atoms with Crippen LogP contribution in [0.4, 0.5) is 5.82 Å². The number of ether oxygens (including phenoxy) is 2. The Bertz CT molecular complexity index is 1290. The van der Waals surface area contributed by atoms with E-state index in [4.69, 9.17) is 9.47 Å². The minimum atomic E-state index is -4.05. The molecule has 0 saturated carbocycles. The smallest absolute Gasteiger partial charge is 0.311 e. The van der Waals surface area contributed by atoms with Gasteiger partial charge in [-0.2, -0.15) is 0 Å². The van der Waals surface area contributed by atoms with Gasteiger partial charge in [0, 0.05) is 11.8 Å². The Morgan fingerprint density at radius 1 is 1.11 bits per heavy atom. The van der Waals surface area contributed by atoms with Crippen LogP contribution in [0, 0.1) is 12.3 Å². The molecule has 0 unspecified atom stereocenters. The second kappa shape index (κ2) is 10.8. The van der Waals surface area contributed by atoms with Crippen molar-refractivity contribution in [2.45, 2.75) is 45.4 Å². The van der Waals surface area contributed by atoms with Gasteiger partial charge < -0.3 is 9.47 Å². The summed E-state index contributed by atoms with van der Waals surface area (Å²) >= 11 is 0. The Balaban J connectivity index is 1.87. The molecular formula is C25H30N4O5S. The number of hydrogen-bond donors (Lipinski definition) is 1. The molecule has 2 aromatic heterocycles. The van der Waals surface area contributed by atoms with E-state index in [2.05, 4.69) is 19.7 Å². The van der Waals surface area contributed by atoms with Gasteiger partial charge in [-0.05, 0) is 51.3 Å². The molecule has 3 aromatic rings. The van der Waals surface area contributed by atoms with Crippen molar-refractivity contribution in [2.75, 3.05) is 18.4 Å². The summed E-state index contributed by atoms with van der Waals surface area (Å²) in [5, 5.41) is 0. The summed E-state index contributed by atoms with van der Waals surface area (Å²) in [5.41, 5.74) is 1.73. The number of aromatic nitrogens is 3. The molecule has 0 atom stereocenters. The lowest BCUT2D eigenvalue weighted by atomic mass is 9.85. The monoisotopic (exact) mass is 498 g/mol. The molecule has 0 aliphatic rings. The van der Waals surface area contributed by atoms with Crippen LogP contribution >= 0.6 is 0 Å². The van der Waals surface area contributed by atoms with Crippen molar-refractivity contribution in [3.05, 3.63) is 60.0 Å². The number of nitrogens with one attached hydrogen (secondary N) is 1. The molecule has 0 spiro atoms. The second-order valence-electron chi connectivity index (χ2n) is 8.72. The van der Waals surface area contributed by atoms with Crippen molar-refractivity contribution >= 4 is 21.8 Å². The van der Waals surface area contributed by atoms with Gasteiger partial charge in [0.15, 0.2) is 0 Å². The summed E-state index contributed by atoms with van der Waals surface area (Å²) in [6.07, 6.45) is 4.23. The molecule has 3 rings (SSSR count). The summed E-state index contributed by atoms with van der Waals surface area (Å²) in [6.45, 7) is 7.76. The highest BCUT2D eigenvalue weighted by Gasteiger charge is 2.30. The zero-order chi connectivity index (χ0) is 25.6. The number of esters is 1. The topological polar surface area (TPSA) is 120 Å². The van der Waals surface area contributed by atoms with Gasteiger partial charge in [0.2, 0.25) is 5.82 Å². The fraction of sp³-hybridized carbons (Fsp3) is 0.360. The van der Waals surface area contributed by atoms with Crippen LogP contribution in [0.25, 0.3) is 11.3 Å². The maximum absolute atomic E-state index is 13.2. The average molecular weight is 499 g/mol. The van der Waals surface area contributed by atoms with E-state index in [0.29, 0.717) is 24.3 Å². The SMILES string of the molecule is CCCOC(=O)C(C)(C)Cc1ccc(-c2ncccc2S(=O)(=O)Nc2ncc(C)nc2OC)cc1. The molecule has 0 radical (unpaired) electrons. The quantitative estimate of drug-likeness (QED) is 0.413. The van der Waals surface area contributed by atoms with E-state index < -0.39 is 15.4 Å². The van der Waals surface area contributed by atoms with E-state index in [0.717, 1.165) is 12.0 Å². The molecule has 1 N–H and O–H groups in total. The first-order valence-corrected chi connectivity index (χ1v) is 12.7.